The Kier molecular flexibility index (Phi) is 11.8. The van der Waals surface area contributed by atoms with Crippen molar-refractivity contribution in [1.82, 2.24) is 0 Å². The Bertz CT molecular complexity index is 3110. The fraction of sp³-hybridized carbons (Fsp3) is 0.0769. The second kappa shape index (κ2) is 16.2. The Morgan fingerprint density at radius 1 is 0.424 bits per heavy atom. The van der Waals surface area contributed by atoms with E-state index >= 15 is 0 Å². The van der Waals surface area contributed by atoms with Crippen molar-refractivity contribution in [2.45, 2.75) is 41.2 Å². The lowest BCUT2D eigenvalue weighted by Gasteiger charge is -2.14. The molecule has 0 saturated heterocycles. The molecule has 0 heterocycles. The predicted molar refractivity (Wildman–Crippen MR) is 212 cm³/mol. The van der Waals surface area contributed by atoms with Gasteiger partial charge in [-0.1, -0.05) is 17.7 Å². The van der Waals surface area contributed by atoms with Gasteiger partial charge in [0.05, 0.1) is 31.6 Å². The van der Waals surface area contributed by atoms with Gasteiger partial charge in [0, 0.05) is 6.26 Å². The third kappa shape index (κ3) is 9.65. The zero-order valence-corrected chi connectivity index (χ0v) is 35.0. The van der Waals surface area contributed by atoms with Gasteiger partial charge in [0.1, 0.15) is 44.3 Å². The van der Waals surface area contributed by atoms with E-state index in [9.17, 15) is 46.6 Å². The van der Waals surface area contributed by atoms with Crippen LogP contribution in [0, 0.1) is 6.92 Å². The van der Waals surface area contributed by atoms with Crippen LogP contribution in [0.5, 0.6) is 34.5 Å². The molecular formula is C39H32O15S5. The van der Waals surface area contributed by atoms with Crippen molar-refractivity contribution in [2.75, 3.05) is 13.4 Å². The minimum absolute atomic E-state index is 0.0127. The maximum atomic E-state index is 13.6. The molecule has 0 aliphatic rings. The van der Waals surface area contributed by atoms with E-state index < -0.39 is 75.1 Å². The van der Waals surface area contributed by atoms with Crippen molar-refractivity contribution in [2.24, 2.45) is 0 Å². The highest BCUT2D eigenvalue weighted by molar-refractivity contribution is 7.92. The summed E-state index contributed by atoms with van der Waals surface area (Å²) >= 11 is 0. The number of aryl methyl sites for hydroxylation is 1. The molecule has 0 amide bonds. The molecule has 308 valence electrons. The van der Waals surface area contributed by atoms with Crippen molar-refractivity contribution in [3.05, 3.63) is 139 Å². The van der Waals surface area contributed by atoms with E-state index in [1.54, 1.807) is 12.1 Å². The van der Waals surface area contributed by atoms with Gasteiger partial charge in [0.15, 0.2) is 9.84 Å². The minimum atomic E-state index is -5.06. The lowest BCUT2D eigenvalue weighted by Crippen LogP contribution is -2.08. The van der Waals surface area contributed by atoms with Gasteiger partial charge in [-0.05, 0) is 128 Å². The second-order valence-electron chi connectivity index (χ2n) is 12.6. The van der Waals surface area contributed by atoms with Gasteiger partial charge >= 0.3 is 0 Å². The molecule has 0 fully saturated rings. The summed E-state index contributed by atoms with van der Waals surface area (Å²) in [5.41, 5.74) is 1.03. The van der Waals surface area contributed by atoms with Crippen LogP contribution in [0.25, 0.3) is 0 Å². The molecule has 0 atom stereocenters. The molecule has 15 nitrogen and oxygen atoms in total. The third-order valence-electron chi connectivity index (χ3n) is 8.45. The topological polar surface area (TPSA) is 228 Å². The first-order valence-corrected chi connectivity index (χ1v) is 24.5. The maximum absolute atomic E-state index is 13.6. The Hall–Kier alpha value is -5.61. The fourth-order valence-corrected chi connectivity index (χ4v) is 10.2. The molecular weight excluding hydrogens is 869 g/mol. The molecule has 0 radical (unpaired) electrons. The van der Waals surface area contributed by atoms with Gasteiger partial charge in [-0.3, -0.25) is 8.74 Å². The zero-order chi connectivity index (χ0) is 43.0. The molecule has 0 aliphatic carbocycles. The van der Waals surface area contributed by atoms with Crippen LogP contribution < -0.4 is 14.2 Å². The SMILES string of the molecule is COS(=O)(=O)c1cc(S(=O)(=O)c2ccc(Oc3ccc(C)cc3)cc2)ccc1Oc1ccc(S(=O)(=O)c2ccc(Oc3ccc(S(C)(=O)=O)cc3)c(S(=O)(=O)O)c2)cc1. The molecule has 0 bridgehead atoms. The van der Waals surface area contributed by atoms with E-state index in [1.807, 2.05) is 19.1 Å². The van der Waals surface area contributed by atoms with E-state index in [0.717, 1.165) is 61.4 Å². The number of benzene rings is 6. The highest BCUT2D eigenvalue weighted by atomic mass is 32.2. The minimum Gasteiger partial charge on any atom is -0.457 e. The molecule has 6 rings (SSSR count). The molecule has 6 aromatic rings. The summed E-state index contributed by atoms with van der Waals surface area (Å²) in [4.78, 5) is -3.07. The Morgan fingerprint density at radius 3 is 1.15 bits per heavy atom. The average molecular weight is 901 g/mol. The first-order chi connectivity index (χ1) is 27.6. The number of hydrogen-bond donors (Lipinski definition) is 1. The lowest BCUT2D eigenvalue weighted by atomic mass is 10.2. The van der Waals surface area contributed by atoms with Crippen molar-refractivity contribution >= 4 is 49.7 Å². The van der Waals surface area contributed by atoms with Gasteiger partial charge in [-0.25, -0.2) is 25.3 Å². The highest BCUT2D eigenvalue weighted by Gasteiger charge is 2.28. The molecule has 6 aromatic carbocycles. The summed E-state index contributed by atoms with van der Waals surface area (Å²) < 4.78 is 160. The largest absolute Gasteiger partial charge is 0.457 e. The molecule has 0 saturated carbocycles. The van der Waals surface area contributed by atoms with E-state index in [4.69, 9.17) is 14.2 Å². The van der Waals surface area contributed by atoms with Crippen molar-refractivity contribution in [3.8, 4) is 34.5 Å². The van der Waals surface area contributed by atoms with Crippen LogP contribution in [0.4, 0.5) is 0 Å². The quantitative estimate of drug-likeness (QED) is 0.0855. The predicted octanol–water partition coefficient (Wildman–Crippen LogP) is 7.02. The summed E-state index contributed by atoms with van der Waals surface area (Å²) in [6.45, 7) is 1.92. The van der Waals surface area contributed by atoms with E-state index in [0.29, 0.717) is 17.6 Å². The van der Waals surface area contributed by atoms with Crippen LogP contribution in [0.3, 0.4) is 0 Å². The smallest absolute Gasteiger partial charge is 0.300 e. The Labute approximate surface area is 341 Å². The van der Waals surface area contributed by atoms with Crippen LogP contribution in [0.15, 0.2) is 168 Å². The number of ether oxygens (including phenoxy) is 3. The van der Waals surface area contributed by atoms with Crippen LogP contribution in [-0.2, 0) is 53.9 Å². The molecule has 0 spiro atoms. The number of rotatable bonds is 14. The second-order valence-corrected chi connectivity index (χ2v) is 21.6. The first kappa shape index (κ1) is 43.0. The molecule has 0 aliphatic heterocycles. The van der Waals surface area contributed by atoms with Crippen molar-refractivity contribution in [1.29, 1.82) is 0 Å². The fourth-order valence-electron chi connectivity index (χ4n) is 5.36. The summed E-state index contributed by atoms with van der Waals surface area (Å²) in [6, 6.07) is 27.9. The number of hydrogen-bond acceptors (Lipinski definition) is 14. The van der Waals surface area contributed by atoms with Crippen molar-refractivity contribution in [3.63, 3.8) is 0 Å². The molecule has 0 unspecified atom stereocenters. The molecule has 0 aromatic heterocycles. The standard InChI is InChI=1S/C39H32O15S5/c1-26-4-6-27(7-5-26)52-28-10-16-32(17-11-28)57(44,45)35-21-23-37(39(25-35)59(49,50)51-2)54-30-12-18-33(19-13-30)56(42,43)34-20-22-36(38(24-34)58(46,47)48)53-29-8-14-31(15-9-29)55(3,40)41/h4-25H,1-3H3,(H,46,47,48). The van der Waals surface area contributed by atoms with Gasteiger partial charge in [0.2, 0.25) is 19.7 Å². The summed E-state index contributed by atoms with van der Waals surface area (Å²) in [7, 11) is -21.1. The maximum Gasteiger partial charge on any atom is 0.300 e. The molecule has 20 heteroatoms. The lowest BCUT2D eigenvalue weighted by molar-refractivity contribution is 0.391. The van der Waals surface area contributed by atoms with Crippen LogP contribution in [0.1, 0.15) is 5.56 Å². The van der Waals surface area contributed by atoms with Crippen LogP contribution in [0.2, 0.25) is 0 Å². The zero-order valence-electron chi connectivity index (χ0n) is 30.9. The van der Waals surface area contributed by atoms with Gasteiger partial charge in [-0.15, -0.1) is 0 Å². The van der Waals surface area contributed by atoms with Crippen molar-refractivity contribution < 1.29 is 65.0 Å². The monoisotopic (exact) mass is 900 g/mol. The van der Waals surface area contributed by atoms with Crippen LogP contribution >= 0.6 is 0 Å². The Morgan fingerprint density at radius 2 is 0.763 bits per heavy atom. The van der Waals surface area contributed by atoms with Gasteiger partial charge < -0.3 is 14.2 Å². The summed E-state index contributed by atoms with van der Waals surface area (Å²) in [6.07, 6.45) is 0.992. The molecule has 59 heavy (non-hydrogen) atoms. The summed E-state index contributed by atoms with van der Waals surface area (Å²) in [5, 5.41) is 0. The third-order valence-corrected chi connectivity index (χ3v) is 15.3. The van der Waals surface area contributed by atoms with E-state index in [1.165, 1.54) is 60.7 Å². The van der Waals surface area contributed by atoms with E-state index in [-0.39, 0.29) is 31.9 Å². The first-order valence-electron chi connectivity index (χ1n) is 16.7. The molecule has 1 N–H and O–H groups in total. The van der Waals surface area contributed by atoms with Gasteiger partial charge in [0.25, 0.3) is 20.2 Å². The Balaban J connectivity index is 1.24. The summed E-state index contributed by atoms with van der Waals surface area (Å²) in [5.74, 6) is -0.00603. The van der Waals surface area contributed by atoms with Crippen LogP contribution in [-0.4, -0.2) is 60.0 Å². The number of sulfone groups is 3. The highest BCUT2D eigenvalue weighted by Crippen LogP contribution is 2.37. The average Bonchev–Trinajstić information content (AvgIpc) is 3.19. The van der Waals surface area contributed by atoms with E-state index in [2.05, 4.69) is 4.18 Å². The van der Waals surface area contributed by atoms with Gasteiger partial charge in [-0.2, -0.15) is 16.8 Å². The normalized spacial score (nSPS) is 12.5.